The number of alkyl halides is 4. The van der Waals surface area contributed by atoms with E-state index in [4.69, 9.17) is 9.84 Å². The van der Waals surface area contributed by atoms with Gasteiger partial charge in [-0.1, -0.05) is 0 Å². The van der Waals surface area contributed by atoms with E-state index in [2.05, 4.69) is 5.32 Å². The molecule has 0 aliphatic carbocycles. The summed E-state index contributed by atoms with van der Waals surface area (Å²) in [6, 6.07) is -2.04. The Labute approximate surface area is 105 Å². The lowest BCUT2D eigenvalue weighted by atomic mass is 10.0. The summed E-state index contributed by atoms with van der Waals surface area (Å²) in [5, 5.41) is 12.4. The maximum Gasteiger partial charge on any atom is 0.324 e. The molecule has 0 aromatic heterocycles. The van der Waals surface area contributed by atoms with Crippen LogP contribution < -0.4 is 10.6 Å². The molecule has 1 heterocycles. The summed E-state index contributed by atoms with van der Waals surface area (Å²) in [6.07, 6.45) is -3.89. The third-order valence-corrected chi connectivity index (χ3v) is 2.52. The van der Waals surface area contributed by atoms with Crippen molar-refractivity contribution in [2.24, 2.45) is 5.92 Å². The first-order chi connectivity index (χ1) is 8.74. The normalized spacial score (nSPS) is 23.4. The van der Waals surface area contributed by atoms with E-state index in [9.17, 15) is 27.2 Å². The van der Waals surface area contributed by atoms with Gasteiger partial charge in [-0.15, -0.1) is 0 Å². The van der Waals surface area contributed by atoms with Gasteiger partial charge in [-0.2, -0.15) is 8.78 Å². The average molecular weight is 288 g/mol. The predicted molar refractivity (Wildman–Crippen MR) is 53.2 cm³/mol. The molecule has 1 aliphatic heterocycles. The molecule has 1 fully saturated rings. The van der Waals surface area contributed by atoms with Crippen molar-refractivity contribution >= 4 is 12.0 Å². The zero-order valence-corrected chi connectivity index (χ0v) is 9.54. The smallest absolute Gasteiger partial charge is 0.324 e. The fourth-order valence-corrected chi connectivity index (χ4v) is 1.43. The molecule has 2 atom stereocenters. The molecular formula is C9H12F4N2O4. The second-order valence-corrected chi connectivity index (χ2v) is 3.98. The highest BCUT2D eigenvalue weighted by Crippen LogP contribution is 2.21. The molecule has 2 amide bonds. The zero-order valence-electron chi connectivity index (χ0n) is 9.54. The Morgan fingerprint density at radius 2 is 2.00 bits per heavy atom. The number of amides is 2. The Hall–Kier alpha value is -1.58. The van der Waals surface area contributed by atoms with Crippen LogP contribution >= 0.6 is 0 Å². The second-order valence-electron chi connectivity index (χ2n) is 3.98. The molecule has 3 N–H and O–H groups in total. The van der Waals surface area contributed by atoms with Crippen LogP contribution in [0, 0.1) is 5.92 Å². The highest BCUT2D eigenvalue weighted by Gasteiger charge is 2.41. The van der Waals surface area contributed by atoms with E-state index < -0.39 is 42.9 Å². The highest BCUT2D eigenvalue weighted by atomic mass is 19.3. The number of halogens is 4. The van der Waals surface area contributed by atoms with Gasteiger partial charge in [0.1, 0.15) is 5.92 Å². The molecule has 6 nitrogen and oxygen atoms in total. The number of rotatable bonds is 5. The monoisotopic (exact) mass is 288 g/mol. The molecule has 0 bridgehead atoms. The number of urea groups is 1. The molecule has 1 rings (SSSR count). The van der Waals surface area contributed by atoms with Crippen LogP contribution in [0.3, 0.4) is 0 Å². The SMILES string of the molecule is O=C(NCC(F)(F)C(F)F)NC1COCC1C(=O)O. The van der Waals surface area contributed by atoms with E-state index in [1.165, 1.54) is 0 Å². The lowest BCUT2D eigenvalue weighted by Gasteiger charge is -2.19. The summed E-state index contributed by atoms with van der Waals surface area (Å²) in [5.41, 5.74) is 0. The number of carbonyl (C=O) groups excluding carboxylic acids is 1. The lowest BCUT2D eigenvalue weighted by Crippen LogP contribution is -2.50. The van der Waals surface area contributed by atoms with Gasteiger partial charge < -0.3 is 20.5 Å². The number of carbonyl (C=O) groups is 2. The van der Waals surface area contributed by atoms with Crippen molar-refractivity contribution in [1.29, 1.82) is 0 Å². The third kappa shape index (κ3) is 4.23. The van der Waals surface area contributed by atoms with Crippen molar-refractivity contribution in [2.45, 2.75) is 18.4 Å². The van der Waals surface area contributed by atoms with Crippen LogP contribution in [0.2, 0.25) is 0 Å². The van der Waals surface area contributed by atoms with E-state index in [0.29, 0.717) is 0 Å². The quantitative estimate of drug-likeness (QED) is 0.634. The van der Waals surface area contributed by atoms with Gasteiger partial charge in [0.25, 0.3) is 0 Å². The van der Waals surface area contributed by atoms with E-state index in [1.54, 1.807) is 5.32 Å². The number of hydrogen-bond acceptors (Lipinski definition) is 3. The fraction of sp³-hybridized carbons (Fsp3) is 0.778. The van der Waals surface area contributed by atoms with E-state index >= 15 is 0 Å². The predicted octanol–water partition coefficient (Wildman–Crippen LogP) is 0.286. The first-order valence-electron chi connectivity index (χ1n) is 5.25. The summed E-state index contributed by atoms with van der Waals surface area (Å²) >= 11 is 0. The molecule has 0 aromatic carbocycles. The standard InChI is InChI=1S/C9H12F4N2O4/c10-7(11)9(12,13)3-14-8(18)15-5-2-19-1-4(5)6(16)17/h4-5,7H,1-3H2,(H,16,17)(H2,14,15,18). The van der Waals surface area contributed by atoms with Gasteiger partial charge >= 0.3 is 24.3 Å². The molecule has 0 aromatic rings. The van der Waals surface area contributed by atoms with Crippen LogP contribution in [0.5, 0.6) is 0 Å². The first kappa shape index (κ1) is 15.5. The summed E-state index contributed by atoms with van der Waals surface area (Å²) in [5.74, 6) is -6.54. The largest absolute Gasteiger partial charge is 0.481 e. The van der Waals surface area contributed by atoms with E-state index in [1.807, 2.05) is 0 Å². The third-order valence-electron chi connectivity index (χ3n) is 2.52. The van der Waals surface area contributed by atoms with Crippen molar-refractivity contribution < 1.29 is 37.0 Å². The Morgan fingerprint density at radius 1 is 1.37 bits per heavy atom. The van der Waals surface area contributed by atoms with Gasteiger partial charge in [0.05, 0.1) is 25.8 Å². The Kier molecular flexibility index (Phi) is 4.92. The average Bonchev–Trinajstić information content (AvgIpc) is 2.74. The first-order valence-corrected chi connectivity index (χ1v) is 5.25. The minimum atomic E-state index is -4.34. The summed E-state index contributed by atoms with van der Waals surface area (Å²) in [6.45, 7) is -1.75. The van der Waals surface area contributed by atoms with Gasteiger partial charge in [0.15, 0.2) is 0 Å². The summed E-state index contributed by atoms with van der Waals surface area (Å²) < 4.78 is 53.5. The number of carboxylic acids is 1. The second kappa shape index (κ2) is 6.04. The number of nitrogens with one attached hydrogen (secondary N) is 2. The van der Waals surface area contributed by atoms with Gasteiger partial charge in [-0.25, -0.2) is 13.6 Å². The van der Waals surface area contributed by atoms with E-state index in [0.717, 1.165) is 0 Å². The van der Waals surface area contributed by atoms with Crippen molar-refractivity contribution in [2.75, 3.05) is 19.8 Å². The number of aliphatic carboxylic acids is 1. The van der Waals surface area contributed by atoms with E-state index in [-0.39, 0.29) is 13.2 Å². The number of carboxylic acid groups (broad SMARTS) is 1. The van der Waals surface area contributed by atoms with Crippen LogP contribution in [-0.2, 0) is 9.53 Å². The van der Waals surface area contributed by atoms with Crippen molar-refractivity contribution in [3.05, 3.63) is 0 Å². The molecule has 0 radical (unpaired) electrons. The topological polar surface area (TPSA) is 87.7 Å². The summed E-state index contributed by atoms with van der Waals surface area (Å²) in [7, 11) is 0. The maximum absolute atomic E-state index is 12.5. The van der Waals surface area contributed by atoms with Gasteiger partial charge in [0.2, 0.25) is 0 Å². The zero-order chi connectivity index (χ0) is 14.6. The van der Waals surface area contributed by atoms with Crippen LogP contribution in [0.4, 0.5) is 22.4 Å². The maximum atomic E-state index is 12.5. The fourth-order valence-electron chi connectivity index (χ4n) is 1.43. The minimum Gasteiger partial charge on any atom is -0.481 e. The van der Waals surface area contributed by atoms with Gasteiger partial charge in [0, 0.05) is 0 Å². The Balaban J connectivity index is 2.41. The molecule has 2 unspecified atom stereocenters. The minimum absolute atomic E-state index is 0.0877. The number of hydrogen-bond donors (Lipinski definition) is 3. The van der Waals surface area contributed by atoms with Crippen molar-refractivity contribution in [3.63, 3.8) is 0 Å². The van der Waals surface area contributed by atoms with Crippen LogP contribution in [0.15, 0.2) is 0 Å². The molecule has 10 heteroatoms. The molecule has 0 spiro atoms. The molecule has 1 saturated heterocycles. The summed E-state index contributed by atoms with van der Waals surface area (Å²) in [4.78, 5) is 21.9. The molecule has 110 valence electrons. The van der Waals surface area contributed by atoms with Crippen LogP contribution in [0.1, 0.15) is 0 Å². The van der Waals surface area contributed by atoms with Crippen molar-refractivity contribution in [1.82, 2.24) is 10.6 Å². The Bertz CT molecular complexity index is 353. The Morgan fingerprint density at radius 3 is 2.53 bits per heavy atom. The van der Waals surface area contributed by atoms with Crippen molar-refractivity contribution in [3.8, 4) is 0 Å². The van der Waals surface area contributed by atoms with Crippen LogP contribution in [-0.4, -0.2) is 55.3 Å². The highest BCUT2D eigenvalue weighted by molar-refractivity contribution is 5.77. The molecule has 1 aliphatic rings. The van der Waals surface area contributed by atoms with Gasteiger partial charge in [-0.05, 0) is 0 Å². The van der Waals surface area contributed by atoms with Gasteiger partial charge in [-0.3, -0.25) is 4.79 Å². The molecule has 0 saturated carbocycles. The molecule has 19 heavy (non-hydrogen) atoms. The number of ether oxygens (including phenoxy) is 1. The lowest BCUT2D eigenvalue weighted by molar-refractivity contribution is -0.142. The van der Waals surface area contributed by atoms with Crippen LogP contribution in [0.25, 0.3) is 0 Å². The molecular weight excluding hydrogens is 276 g/mol.